The molecule has 3 rings (SSSR count). The summed E-state index contributed by atoms with van der Waals surface area (Å²) < 4.78 is 30.9. The summed E-state index contributed by atoms with van der Waals surface area (Å²) in [5.41, 5.74) is -0.0574. The van der Waals surface area contributed by atoms with E-state index in [1.807, 2.05) is 0 Å². The van der Waals surface area contributed by atoms with Crippen LogP contribution in [0.1, 0.15) is 31.5 Å². The third kappa shape index (κ3) is 3.26. The Morgan fingerprint density at radius 1 is 1.27 bits per heavy atom. The van der Waals surface area contributed by atoms with E-state index in [9.17, 15) is 13.2 Å². The van der Waals surface area contributed by atoms with E-state index in [0.717, 1.165) is 12.4 Å². The van der Waals surface area contributed by atoms with Crippen LogP contribution in [0.25, 0.3) is 0 Å². The first-order chi connectivity index (χ1) is 10.4. The van der Waals surface area contributed by atoms with Gasteiger partial charge < -0.3 is 0 Å². The highest BCUT2D eigenvalue weighted by molar-refractivity contribution is 7.87. The zero-order valence-electron chi connectivity index (χ0n) is 13.0. The van der Waals surface area contributed by atoms with E-state index >= 15 is 0 Å². The molecule has 1 aliphatic heterocycles. The Bertz CT molecular complexity index is 702. The smallest absolute Gasteiger partial charge is 0.279 e. The minimum Gasteiger partial charge on any atom is -0.279 e. The first-order valence-corrected chi connectivity index (χ1v) is 9.17. The van der Waals surface area contributed by atoms with E-state index in [4.69, 9.17) is 0 Å². The Morgan fingerprint density at radius 3 is 2.64 bits per heavy atom. The number of aromatic nitrogens is 3. The molecule has 0 aromatic carbocycles. The van der Waals surface area contributed by atoms with E-state index in [-0.39, 0.29) is 11.7 Å². The maximum atomic E-state index is 12.3. The monoisotopic (exact) mass is 329 g/mol. The predicted octanol–water partition coefficient (Wildman–Crippen LogP) is -0.444. The molecule has 1 aromatic rings. The molecule has 1 N–H and O–H groups in total. The molecule has 124 valence electrons. The highest BCUT2D eigenvalue weighted by Crippen LogP contribution is 2.30. The third-order valence-corrected chi connectivity index (χ3v) is 5.93. The molecular formula is C13H23N5O3S. The molecule has 0 bridgehead atoms. The van der Waals surface area contributed by atoms with Crippen molar-refractivity contribution in [3.63, 3.8) is 0 Å². The van der Waals surface area contributed by atoms with Gasteiger partial charge in [-0.15, -0.1) is 0 Å². The molecule has 1 aliphatic carbocycles. The molecule has 8 nitrogen and oxygen atoms in total. The molecule has 9 heteroatoms. The van der Waals surface area contributed by atoms with Crippen molar-refractivity contribution < 1.29 is 8.42 Å². The predicted molar refractivity (Wildman–Crippen MR) is 81.7 cm³/mol. The fourth-order valence-corrected chi connectivity index (χ4v) is 3.59. The maximum Gasteiger partial charge on any atom is 0.345 e. The van der Waals surface area contributed by atoms with Gasteiger partial charge in [-0.1, -0.05) is 0 Å². The van der Waals surface area contributed by atoms with Crippen LogP contribution in [-0.2, 0) is 29.7 Å². The number of nitrogens with one attached hydrogen (secondary N) is 1. The molecular weight excluding hydrogens is 306 g/mol. The number of rotatable bonds is 5. The summed E-state index contributed by atoms with van der Waals surface area (Å²) in [7, 11) is -0.439. The van der Waals surface area contributed by atoms with Gasteiger partial charge in [-0.3, -0.25) is 4.57 Å². The van der Waals surface area contributed by atoms with Gasteiger partial charge in [0.1, 0.15) is 5.82 Å². The zero-order chi connectivity index (χ0) is 15.9. The topological polar surface area (TPSA) is 89.2 Å². The Kier molecular flexibility index (Phi) is 4.13. The van der Waals surface area contributed by atoms with Gasteiger partial charge in [-0.2, -0.15) is 22.5 Å². The van der Waals surface area contributed by atoms with E-state index < -0.39 is 10.2 Å². The van der Waals surface area contributed by atoms with Gasteiger partial charge >= 0.3 is 5.69 Å². The number of hydrogen-bond donors (Lipinski definition) is 1. The maximum absolute atomic E-state index is 12.3. The van der Waals surface area contributed by atoms with Gasteiger partial charge in [0.05, 0.1) is 0 Å². The molecule has 22 heavy (non-hydrogen) atoms. The Hall–Kier alpha value is -1.19. The van der Waals surface area contributed by atoms with Crippen LogP contribution in [0.3, 0.4) is 0 Å². The average Bonchev–Trinajstić information content (AvgIpc) is 3.22. The van der Waals surface area contributed by atoms with Crippen molar-refractivity contribution in [2.24, 2.45) is 5.92 Å². The molecule has 2 aliphatic rings. The molecule has 0 radical (unpaired) electrons. The first kappa shape index (κ1) is 15.7. The third-order valence-electron chi connectivity index (χ3n) is 4.34. The molecule has 2 heterocycles. The van der Waals surface area contributed by atoms with Crippen LogP contribution in [-0.4, -0.2) is 47.2 Å². The highest BCUT2D eigenvalue weighted by atomic mass is 32.2. The summed E-state index contributed by atoms with van der Waals surface area (Å²) in [4.78, 5) is 12.3. The van der Waals surface area contributed by atoms with E-state index in [2.05, 4.69) is 9.82 Å². The van der Waals surface area contributed by atoms with Crippen LogP contribution in [0.5, 0.6) is 0 Å². The number of fused-ring (bicyclic) bond motifs is 1. The van der Waals surface area contributed by atoms with Crippen LogP contribution in [0.15, 0.2) is 4.79 Å². The molecule has 1 unspecified atom stereocenters. The van der Waals surface area contributed by atoms with Crippen molar-refractivity contribution in [3.05, 3.63) is 16.3 Å². The van der Waals surface area contributed by atoms with Gasteiger partial charge in [0.25, 0.3) is 10.2 Å². The standard InChI is InChI=1S/C13H23N5O3S/c1-16(2)22(20,21)15-11-5-6-12-14-18(9-10-3-4-10)13(19)17(12)8-7-11/h10-11,15H,3-9H2,1-2H3. The lowest BCUT2D eigenvalue weighted by atomic mass is 10.1. The SMILES string of the molecule is CN(C)S(=O)(=O)NC1CCc2nn(CC3CC3)c(=O)n2CC1. The number of nitrogens with zero attached hydrogens (tertiary/aromatic N) is 4. The fraction of sp³-hybridized carbons (Fsp3) is 0.846. The lowest BCUT2D eigenvalue weighted by Gasteiger charge is -2.19. The molecule has 1 saturated carbocycles. The normalized spacial score (nSPS) is 22.6. The summed E-state index contributed by atoms with van der Waals surface area (Å²) >= 11 is 0. The molecule has 1 aromatic heterocycles. The molecule has 0 spiro atoms. The Labute approximate surface area is 130 Å². The van der Waals surface area contributed by atoms with Gasteiger partial charge in [0.15, 0.2) is 0 Å². The average molecular weight is 329 g/mol. The van der Waals surface area contributed by atoms with Crippen molar-refractivity contribution in [2.75, 3.05) is 14.1 Å². The van der Waals surface area contributed by atoms with Crippen LogP contribution < -0.4 is 10.4 Å². The lowest BCUT2D eigenvalue weighted by Crippen LogP contribution is -2.42. The Morgan fingerprint density at radius 2 is 2.00 bits per heavy atom. The fourth-order valence-electron chi connectivity index (χ4n) is 2.73. The van der Waals surface area contributed by atoms with Crippen molar-refractivity contribution >= 4 is 10.2 Å². The van der Waals surface area contributed by atoms with E-state index in [1.54, 1.807) is 9.25 Å². The second-order valence-electron chi connectivity index (χ2n) is 6.41. The van der Waals surface area contributed by atoms with Crippen LogP contribution in [0.2, 0.25) is 0 Å². The highest BCUT2D eigenvalue weighted by Gasteiger charge is 2.27. The molecule has 0 saturated heterocycles. The summed E-state index contributed by atoms with van der Waals surface area (Å²) in [5, 5.41) is 4.44. The largest absolute Gasteiger partial charge is 0.345 e. The van der Waals surface area contributed by atoms with Gasteiger partial charge in [-0.25, -0.2) is 9.48 Å². The van der Waals surface area contributed by atoms with Gasteiger partial charge in [-0.05, 0) is 31.6 Å². The van der Waals surface area contributed by atoms with Crippen LogP contribution in [0.4, 0.5) is 0 Å². The number of hydrogen-bond acceptors (Lipinski definition) is 4. The second kappa shape index (κ2) is 5.78. The zero-order valence-corrected chi connectivity index (χ0v) is 13.8. The summed E-state index contributed by atoms with van der Waals surface area (Å²) in [6, 6.07) is -0.162. The number of aryl methyl sites for hydroxylation is 1. The summed E-state index contributed by atoms with van der Waals surface area (Å²) in [6.45, 7) is 1.23. The first-order valence-electron chi connectivity index (χ1n) is 7.73. The van der Waals surface area contributed by atoms with E-state index in [0.29, 0.717) is 31.7 Å². The van der Waals surface area contributed by atoms with Gasteiger partial charge in [0, 0.05) is 39.6 Å². The second-order valence-corrected chi connectivity index (χ2v) is 8.32. The summed E-state index contributed by atoms with van der Waals surface area (Å²) in [6.07, 6.45) is 4.25. The van der Waals surface area contributed by atoms with Crippen molar-refractivity contribution in [1.82, 2.24) is 23.4 Å². The molecule has 1 atom stereocenters. The van der Waals surface area contributed by atoms with E-state index in [1.165, 1.54) is 31.2 Å². The minimum atomic E-state index is -3.44. The van der Waals surface area contributed by atoms with Gasteiger partial charge in [0.2, 0.25) is 0 Å². The quantitative estimate of drug-likeness (QED) is 0.793. The van der Waals surface area contributed by atoms with Crippen LogP contribution >= 0.6 is 0 Å². The minimum absolute atomic E-state index is 0.0574. The summed E-state index contributed by atoms with van der Waals surface area (Å²) in [5.74, 6) is 1.38. The van der Waals surface area contributed by atoms with Crippen molar-refractivity contribution in [2.45, 2.75) is 51.2 Å². The van der Waals surface area contributed by atoms with Crippen molar-refractivity contribution in [1.29, 1.82) is 0 Å². The lowest BCUT2D eigenvalue weighted by molar-refractivity contribution is 0.453. The molecule has 0 amide bonds. The Balaban J connectivity index is 1.70. The van der Waals surface area contributed by atoms with Crippen molar-refractivity contribution in [3.8, 4) is 0 Å². The van der Waals surface area contributed by atoms with Crippen LogP contribution in [0, 0.1) is 5.92 Å². The molecule has 1 fully saturated rings.